The summed E-state index contributed by atoms with van der Waals surface area (Å²) in [4.78, 5) is 64.1. The van der Waals surface area contributed by atoms with E-state index in [1.807, 2.05) is 82.4 Å². The highest BCUT2D eigenvalue weighted by Gasteiger charge is 2.40. The van der Waals surface area contributed by atoms with Crippen molar-refractivity contribution in [3.63, 3.8) is 0 Å². The van der Waals surface area contributed by atoms with E-state index < -0.39 is 11.9 Å². The van der Waals surface area contributed by atoms with Gasteiger partial charge in [-0.3, -0.25) is 24.5 Å². The van der Waals surface area contributed by atoms with Crippen LogP contribution in [0.3, 0.4) is 0 Å². The van der Waals surface area contributed by atoms with Crippen LogP contribution >= 0.6 is 11.8 Å². The number of fused-ring (bicyclic) bond motifs is 2. The Labute approximate surface area is 329 Å². The Bertz CT molecular complexity index is 2260. The van der Waals surface area contributed by atoms with Crippen LogP contribution in [0.2, 0.25) is 0 Å². The Balaban J connectivity index is 0.822. The first kappa shape index (κ1) is 37.2. The number of aromatic nitrogens is 4. The minimum absolute atomic E-state index is 0.0400. The lowest BCUT2D eigenvalue weighted by molar-refractivity contribution is -0.137. The number of hydrogen-bond donors (Lipinski definition) is 2. The van der Waals surface area contributed by atoms with Gasteiger partial charge in [0.05, 0.1) is 11.4 Å². The molecule has 3 aliphatic heterocycles. The average Bonchev–Trinajstić information content (AvgIpc) is 3.77. The molecule has 0 bridgehead atoms. The number of nitrogen functional groups attached to an aromatic ring is 1. The number of imide groups is 1. The molecule has 3 N–H and O–H groups in total. The SMILES string of the molecule is Nc1ncnc2c1c(-c1ccc(Oc3ccccc3)cc1)nn2[C@@H]1CCCN(C(=O)CCCCCCSc2cccc3c2CN(C2CCC(=O)NC2=O)C3=O)C1. The number of ether oxygens (including phenoxy) is 1. The molecule has 3 aromatic carbocycles. The van der Waals surface area contributed by atoms with Crippen molar-refractivity contribution in [1.82, 2.24) is 34.9 Å². The van der Waals surface area contributed by atoms with Crippen LogP contribution in [-0.2, 0) is 20.9 Å². The van der Waals surface area contributed by atoms with Crippen LogP contribution in [0, 0.1) is 0 Å². The Morgan fingerprint density at radius 1 is 0.911 bits per heavy atom. The van der Waals surface area contributed by atoms with Crippen molar-refractivity contribution in [3.05, 3.63) is 90.3 Å². The Morgan fingerprint density at radius 2 is 1.71 bits per heavy atom. The number of benzene rings is 3. The third-order valence-electron chi connectivity index (χ3n) is 10.8. The second-order valence-corrected chi connectivity index (χ2v) is 15.7. The fourth-order valence-electron chi connectivity index (χ4n) is 7.90. The molecule has 1 unspecified atom stereocenters. The zero-order valence-electron chi connectivity index (χ0n) is 31.1. The van der Waals surface area contributed by atoms with Gasteiger partial charge >= 0.3 is 0 Å². The summed E-state index contributed by atoms with van der Waals surface area (Å²) in [6.45, 7) is 1.66. The standard InChI is InChI=1S/C42H44N8O5S/c43-39-37-38(27-16-18-30(19-17-27)55-29-11-4-3-5-12-29)47-50(40(37)45-26-44-39)28-10-9-22-48(24-28)36(52)15-6-1-2-7-23-56-34-14-8-13-31-32(34)25-49(42(31)54)33-20-21-35(51)46-41(33)53/h3-5,8,11-14,16-19,26,28,33H,1-2,6-7,9-10,15,20-25H2,(H2,43,44,45)(H,46,51,53)/t28-,33?/m1/s1. The van der Waals surface area contributed by atoms with E-state index in [9.17, 15) is 19.2 Å². The van der Waals surface area contributed by atoms with E-state index in [-0.39, 0.29) is 30.2 Å². The highest BCUT2D eigenvalue weighted by Crippen LogP contribution is 2.37. The molecule has 5 aromatic rings. The number of hydrogen-bond acceptors (Lipinski definition) is 10. The topological polar surface area (TPSA) is 166 Å². The second-order valence-electron chi connectivity index (χ2n) is 14.5. The normalized spacial score (nSPS) is 18.3. The first-order valence-electron chi connectivity index (χ1n) is 19.3. The first-order chi connectivity index (χ1) is 27.3. The van der Waals surface area contributed by atoms with Gasteiger partial charge < -0.3 is 20.3 Å². The molecule has 2 fully saturated rings. The van der Waals surface area contributed by atoms with Crippen molar-refractivity contribution >= 4 is 52.2 Å². The zero-order valence-corrected chi connectivity index (χ0v) is 31.9. The van der Waals surface area contributed by atoms with E-state index in [4.69, 9.17) is 15.6 Å². The molecule has 8 rings (SSSR count). The number of thioether (sulfide) groups is 1. The summed E-state index contributed by atoms with van der Waals surface area (Å²) < 4.78 is 7.91. The number of rotatable bonds is 13. The lowest BCUT2D eigenvalue weighted by Gasteiger charge is -2.33. The fourth-order valence-corrected chi connectivity index (χ4v) is 8.99. The van der Waals surface area contributed by atoms with E-state index in [0.29, 0.717) is 59.8 Å². The van der Waals surface area contributed by atoms with E-state index in [0.717, 1.165) is 72.6 Å². The molecule has 4 amide bonds. The molecule has 3 aliphatic rings. The molecule has 0 radical (unpaired) electrons. The van der Waals surface area contributed by atoms with Crippen molar-refractivity contribution in [2.75, 3.05) is 24.6 Å². The number of nitrogens with two attached hydrogens (primary N) is 1. The lowest BCUT2D eigenvalue weighted by atomic mass is 10.0. The predicted molar refractivity (Wildman–Crippen MR) is 213 cm³/mol. The summed E-state index contributed by atoms with van der Waals surface area (Å²) in [5.74, 6) is 2.05. The van der Waals surface area contributed by atoms with Crippen molar-refractivity contribution in [2.45, 2.75) is 81.3 Å². The molecule has 5 heterocycles. The third kappa shape index (κ3) is 7.83. The van der Waals surface area contributed by atoms with Gasteiger partial charge in [-0.15, -0.1) is 11.8 Å². The molecule has 13 nitrogen and oxygen atoms in total. The highest BCUT2D eigenvalue weighted by molar-refractivity contribution is 7.99. The number of anilines is 1. The molecule has 2 atom stereocenters. The van der Waals surface area contributed by atoms with Crippen LogP contribution in [0.25, 0.3) is 22.3 Å². The molecule has 2 aromatic heterocycles. The third-order valence-corrected chi connectivity index (χ3v) is 12.0. The molecule has 0 saturated carbocycles. The van der Waals surface area contributed by atoms with E-state index in [1.165, 1.54) is 6.33 Å². The minimum Gasteiger partial charge on any atom is -0.457 e. The molecule has 56 heavy (non-hydrogen) atoms. The number of unbranched alkanes of at least 4 members (excludes halogenated alkanes) is 3. The Hall–Kier alpha value is -5.76. The van der Waals surface area contributed by atoms with E-state index in [1.54, 1.807) is 16.7 Å². The van der Waals surface area contributed by atoms with E-state index in [2.05, 4.69) is 15.3 Å². The molecular formula is C42H44N8O5S. The smallest absolute Gasteiger partial charge is 0.255 e. The zero-order chi connectivity index (χ0) is 38.6. The van der Waals surface area contributed by atoms with Crippen molar-refractivity contribution in [1.29, 1.82) is 0 Å². The summed E-state index contributed by atoms with van der Waals surface area (Å²) in [5, 5.41) is 8.10. The number of likely N-dealkylation sites (tertiary alicyclic amines) is 1. The Morgan fingerprint density at radius 3 is 2.54 bits per heavy atom. The fraction of sp³-hybridized carbons (Fsp3) is 0.357. The molecule has 2 saturated heterocycles. The summed E-state index contributed by atoms with van der Waals surface area (Å²) in [6.07, 6.45) is 8.07. The van der Waals surface area contributed by atoms with Gasteiger partial charge in [0.1, 0.15) is 35.4 Å². The number of amides is 4. The molecule has 288 valence electrons. The largest absolute Gasteiger partial charge is 0.457 e. The Kier molecular flexibility index (Phi) is 11.0. The van der Waals surface area contributed by atoms with Crippen LogP contribution in [0.1, 0.15) is 79.8 Å². The summed E-state index contributed by atoms with van der Waals surface area (Å²) in [6, 6.07) is 22.4. The molecular weight excluding hydrogens is 729 g/mol. The number of nitrogens with zero attached hydrogens (tertiary/aromatic N) is 6. The average molecular weight is 773 g/mol. The van der Waals surface area contributed by atoms with Crippen LogP contribution in [0.15, 0.2) is 84.0 Å². The van der Waals surface area contributed by atoms with Gasteiger partial charge in [-0.25, -0.2) is 14.6 Å². The van der Waals surface area contributed by atoms with E-state index >= 15 is 0 Å². The summed E-state index contributed by atoms with van der Waals surface area (Å²) >= 11 is 1.73. The molecule has 14 heteroatoms. The van der Waals surface area contributed by atoms with Gasteiger partial charge in [-0.2, -0.15) is 5.10 Å². The van der Waals surface area contributed by atoms with Crippen LogP contribution in [0.4, 0.5) is 5.82 Å². The second kappa shape index (κ2) is 16.5. The summed E-state index contributed by atoms with van der Waals surface area (Å²) in [7, 11) is 0. The van der Waals surface area contributed by atoms with Crippen LogP contribution in [-0.4, -0.2) is 78.1 Å². The lowest BCUT2D eigenvalue weighted by Crippen LogP contribution is -2.52. The maximum atomic E-state index is 13.4. The van der Waals surface area contributed by atoms with Crippen molar-refractivity contribution < 1.29 is 23.9 Å². The first-order valence-corrected chi connectivity index (χ1v) is 20.3. The van der Waals surface area contributed by atoms with Gasteiger partial charge in [0.15, 0.2) is 5.65 Å². The van der Waals surface area contributed by atoms with Gasteiger partial charge in [0, 0.05) is 48.5 Å². The van der Waals surface area contributed by atoms with Crippen molar-refractivity contribution in [3.8, 4) is 22.8 Å². The quantitative estimate of drug-likeness (QED) is 0.0763. The van der Waals surface area contributed by atoms with Gasteiger partial charge in [-0.1, -0.05) is 37.1 Å². The maximum Gasteiger partial charge on any atom is 0.255 e. The highest BCUT2D eigenvalue weighted by atomic mass is 32.2. The number of nitrogens with one attached hydrogen (secondary N) is 1. The summed E-state index contributed by atoms with van der Waals surface area (Å²) in [5.41, 5.74) is 10.2. The molecule has 0 aliphatic carbocycles. The van der Waals surface area contributed by atoms with Gasteiger partial charge in [0.25, 0.3) is 5.91 Å². The van der Waals surface area contributed by atoms with Crippen LogP contribution in [0.5, 0.6) is 11.5 Å². The van der Waals surface area contributed by atoms with Gasteiger partial charge in [-0.05, 0) is 92.0 Å². The minimum atomic E-state index is -0.619. The molecule has 0 spiro atoms. The monoisotopic (exact) mass is 772 g/mol. The van der Waals surface area contributed by atoms with Crippen LogP contribution < -0.4 is 15.8 Å². The maximum absolute atomic E-state index is 13.4. The number of carbonyl (C=O) groups is 4. The number of piperidine rings is 2. The predicted octanol–water partition coefficient (Wildman–Crippen LogP) is 6.54. The number of para-hydroxylation sites is 1. The number of carbonyl (C=O) groups excluding carboxylic acids is 4. The van der Waals surface area contributed by atoms with Gasteiger partial charge in [0.2, 0.25) is 17.7 Å². The van der Waals surface area contributed by atoms with Crippen molar-refractivity contribution in [2.24, 2.45) is 0 Å².